The Morgan fingerprint density at radius 1 is 1.26 bits per heavy atom. The van der Waals surface area contributed by atoms with E-state index in [0.717, 1.165) is 11.4 Å². The van der Waals surface area contributed by atoms with E-state index < -0.39 is 0 Å². The van der Waals surface area contributed by atoms with Crippen LogP contribution in [0.1, 0.15) is 5.56 Å². The summed E-state index contributed by atoms with van der Waals surface area (Å²) in [7, 11) is 4.03. The van der Waals surface area contributed by atoms with Gasteiger partial charge in [-0.3, -0.25) is 0 Å². The molecular weight excluding hydrogens is 328 g/mol. The van der Waals surface area contributed by atoms with Crippen molar-refractivity contribution >= 4 is 44.7 Å². The molecule has 0 spiro atoms. The van der Waals surface area contributed by atoms with E-state index in [-0.39, 0.29) is 0 Å². The second-order valence-corrected chi connectivity index (χ2v) is 5.50. The Kier molecular flexibility index (Phi) is 4.27. The monoisotopic (exact) mass is 340 g/mol. The number of benzene rings is 1. The fraction of sp³-hybridized carbons (Fsp3) is 0.231. The summed E-state index contributed by atoms with van der Waals surface area (Å²) in [6.45, 7) is 2.08. The number of hydrogen-bond acceptors (Lipinski definition) is 4. The van der Waals surface area contributed by atoms with Crippen LogP contribution >= 0.6 is 27.5 Å². The van der Waals surface area contributed by atoms with Crippen molar-refractivity contribution in [3.63, 3.8) is 0 Å². The quantitative estimate of drug-likeness (QED) is 0.856. The molecule has 19 heavy (non-hydrogen) atoms. The summed E-state index contributed by atoms with van der Waals surface area (Å²) in [5.41, 5.74) is 3.32. The third kappa shape index (κ3) is 3.16. The van der Waals surface area contributed by atoms with Crippen molar-refractivity contribution in [1.82, 2.24) is 9.97 Å². The van der Waals surface area contributed by atoms with Gasteiger partial charge in [-0.25, -0.2) is 9.97 Å². The van der Waals surface area contributed by atoms with Crippen molar-refractivity contribution in [3.8, 4) is 0 Å². The molecule has 1 aromatic carbocycles. The minimum absolute atomic E-state index is 0.387. The summed E-state index contributed by atoms with van der Waals surface area (Å²) in [5.74, 6) is 0.647. The van der Waals surface area contributed by atoms with Crippen LogP contribution in [0.5, 0.6) is 0 Å². The molecule has 1 heterocycles. The van der Waals surface area contributed by atoms with Gasteiger partial charge >= 0.3 is 0 Å². The number of anilines is 3. The van der Waals surface area contributed by atoms with Gasteiger partial charge in [0.15, 0.2) is 0 Å². The fourth-order valence-corrected chi connectivity index (χ4v) is 2.18. The zero-order valence-corrected chi connectivity index (χ0v) is 13.2. The second kappa shape index (κ2) is 5.75. The summed E-state index contributed by atoms with van der Waals surface area (Å²) < 4.78 is 0.656. The van der Waals surface area contributed by atoms with E-state index >= 15 is 0 Å². The number of nitrogens with one attached hydrogen (secondary N) is 1. The lowest BCUT2D eigenvalue weighted by molar-refractivity contribution is 1.11. The summed E-state index contributed by atoms with van der Waals surface area (Å²) in [4.78, 5) is 10.1. The number of rotatable bonds is 3. The Balaban J connectivity index is 2.34. The Morgan fingerprint density at radius 2 is 2.00 bits per heavy atom. The van der Waals surface area contributed by atoms with Gasteiger partial charge < -0.3 is 10.2 Å². The molecule has 0 aliphatic heterocycles. The molecule has 0 aliphatic carbocycles. The normalized spacial score (nSPS) is 10.4. The van der Waals surface area contributed by atoms with Crippen LogP contribution in [0.4, 0.5) is 17.2 Å². The molecule has 0 saturated heterocycles. The predicted molar refractivity (Wildman–Crippen MR) is 83.5 cm³/mol. The van der Waals surface area contributed by atoms with Gasteiger partial charge in [-0.1, -0.05) is 17.7 Å². The predicted octanol–water partition coefficient (Wildman–Crippen LogP) is 4.01. The van der Waals surface area contributed by atoms with Crippen LogP contribution in [0.15, 0.2) is 29.0 Å². The average Bonchev–Trinajstić information content (AvgIpc) is 2.37. The average molecular weight is 342 g/mol. The topological polar surface area (TPSA) is 41.1 Å². The molecule has 4 nitrogen and oxygen atoms in total. The highest BCUT2D eigenvalue weighted by Crippen LogP contribution is 2.30. The lowest BCUT2D eigenvalue weighted by atomic mass is 10.1. The SMILES string of the molecule is Cc1ccc(Nc2ncnc(Cl)c2Br)cc1N(C)C. The van der Waals surface area contributed by atoms with Crippen LogP contribution in [0.3, 0.4) is 0 Å². The van der Waals surface area contributed by atoms with Crippen LogP contribution in [0.2, 0.25) is 5.15 Å². The standard InChI is InChI=1S/C13H14BrClN4/c1-8-4-5-9(6-10(8)19(2)3)18-13-11(14)12(15)16-7-17-13/h4-7H,1-3H3,(H,16,17,18). The highest BCUT2D eigenvalue weighted by molar-refractivity contribution is 9.10. The molecule has 0 unspecified atom stereocenters. The lowest BCUT2D eigenvalue weighted by Gasteiger charge is -2.17. The molecule has 0 saturated carbocycles. The van der Waals surface area contributed by atoms with Gasteiger partial charge in [0, 0.05) is 25.5 Å². The van der Waals surface area contributed by atoms with Gasteiger partial charge in [0.1, 0.15) is 17.3 Å². The van der Waals surface area contributed by atoms with E-state index in [1.807, 2.05) is 20.2 Å². The van der Waals surface area contributed by atoms with Crippen LogP contribution in [-0.4, -0.2) is 24.1 Å². The zero-order valence-electron chi connectivity index (χ0n) is 10.9. The highest BCUT2D eigenvalue weighted by atomic mass is 79.9. The van der Waals surface area contributed by atoms with E-state index in [0.29, 0.717) is 15.4 Å². The molecule has 0 bridgehead atoms. The number of nitrogens with zero attached hydrogens (tertiary/aromatic N) is 3. The number of hydrogen-bond donors (Lipinski definition) is 1. The van der Waals surface area contributed by atoms with Crippen LogP contribution in [-0.2, 0) is 0 Å². The largest absolute Gasteiger partial charge is 0.377 e. The molecule has 0 atom stereocenters. The summed E-state index contributed by atoms with van der Waals surface area (Å²) in [5, 5.41) is 3.61. The number of aryl methyl sites for hydroxylation is 1. The van der Waals surface area contributed by atoms with Crippen molar-refractivity contribution in [2.45, 2.75) is 6.92 Å². The summed E-state index contributed by atoms with van der Waals surface area (Å²) in [6, 6.07) is 6.14. The van der Waals surface area contributed by atoms with Gasteiger partial charge in [0.2, 0.25) is 0 Å². The summed E-state index contributed by atoms with van der Waals surface area (Å²) in [6.07, 6.45) is 1.43. The maximum Gasteiger partial charge on any atom is 0.149 e. The van der Waals surface area contributed by atoms with E-state index in [4.69, 9.17) is 11.6 Å². The second-order valence-electron chi connectivity index (χ2n) is 4.35. The van der Waals surface area contributed by atoms with Gasteiger partial charge in [0.05, 0.1) is 4.47 Å². The first-order chi connectivity index (χ1) is 8.99. The first-order valence-electron chi connectivity index (χ1n) is 5.70. The smallest absolute Gasteiger partial charge is 0.149 e. The maximum absolute atomic E-state index is 5.94. The molecule has 2 aromatic rings. The Morgan fingerprint density at radius 3 is 2.68 bits per heavy atom. The zero-order chi connectivity index (χ0) is 14.0. The third-order valence-electron chi connectivity index (χ3n) is 2.70. The molecule has 100 valence electrons. The first kappa shape index (κ1) is 14.1. The van der Waals surface area contributed by atoms with E-state index in [9.17, 15) is 0 Å². The Bertz CT molecular complexity index is 601. The Hall–Kier alpha value is -1.33. The molecule has 0 fully saturated rings. The minimum Gasteiger partial charge on any atom is -0.377 e. The minimum atomic E-state index is 0.387. The van der Waals surface area contributed by atoms with Crippen LogP contribution in [0.25, 0.3) is 0 Å². The third-order valence-corrected chi connectivity index (χ3v) is 3.97. The van der Waals surface area contributed by atoms with Crippen molar-refractivity contribution < 1.29 is 0 Å². The van der Waals surface area contributed by atoms with Crippen molar-refractivity contribution in [3.05, 3.63) is 39.7 Å². The van der Waals surface area contributed by atoms with Gasteiger partial charge in [-0.2, -0.15) is 0 Å². The molecule has 0 radical (unpaired) electrons. The van der Waals surface area contributed by atoms with Gasteiger partial charge in [-0.05, 0) is 40.5 Å². The molecule has 0 amide bonds. The van der Waals surface area contributed by atoms with Gasteiger partial charge in [0.25, 0.3) is 0 Å². The lowest BCUT2D eigenvalue weighted by Crippen LogP contribution is -2.10. The van der Waals surface area contributed by atoms with Crippen molar-refractivity contribution in [2.24, 2.45) is 0 Å². The Labute approximate surface area is 126 Å². The fourth-order valence-electron chi connectivity index (χ4n) is 1.74. The molecule has 6 heteroatoms. The number of aromatic nitrogens is 2. The summed E-state index contributed by atoms with van der Waals surface area (Å²) >= 11 is 9.31. The van der Waals surface area contributed by atoms with Crippen molar-refractivity contribution in [2.75, 3.05) is 24.3 Å². The molecule has 1 aromatic heterocycles. The molecule has 0 aliphatic rings. The molecule has 1 N–H and O–H groups in total. The van der Waals surface area contributed by atoms with Crippen LogP contribution in [0, 0.1) is 6.92 Å². The first-order valence-corrected chi connectivity index (χ1v) is 6.87. The van der Waals surface area contributed by atoms with Crippen LogP contribution < -0.4 is 10.2 Å². The van der Waals surface area contributed by atoms with E-state index in [1.165, 1.54) is 11.9 Å². The molecule has 2 rings (SSSR count). The number of halogens is 2. The maximum atomic E-state index is 5.94. The van der Waals surface area contributed by atoms with Crippen molar-refractivity contribution in [1.29, 1.82) is 0 Å². The van der Waals surface area contributed by atoms with Gasteiger partial charge in [-0.15, -0.1) is 0 Å². The molecular formula is C13H14BrClN4. The van der Waals surface area contributed by atoms with E-state index in [1.54, 1.807) is 0 Å². The highest BCUT2D eigenvalue weighted by Gasteiger charge is 2.08. The van der Waals surface area contributed by atoms with E-state index in [2.05, 4.69) is 55.2 Å².